The van der Waals surface area contributed by atoms with E-state index in [-0.39, 0.29) is 0 Å². The minimum Gasteiger partial charge on any atom is -0.382 e. The lowest BCUT2D eigenvalue weighted by Crippen LogP contribution is -2.13. The van der Waals surface area contributed by atoms with Crippen molar-refractivity contribution in [2.75, 3.05) is 331 Å². The van der Waals surface area contributed by atoms with Gasteiger partial charge in [0.05, 0.1) is 251 Å². The predicted molar refractivity (Wildman–Crippen MR) is 449 cm³/mol. The van der Waals surface area contributed by atoms with Crippen LogP contribution in [-0.2, 0) is 118 Å². The van der Waals surface area contributed by atoms with Crippen molar-refractivity contribution in [2.24, 2.45) is 35.5 Å². The van der Waals surface area contributed by atoms with Crippen LogP contribution in [0, 0.1) is 35.5 Å². The zero-order chi connectivity index (χ0) is 83.0. The number of hydrogen-bond donors (Lipinski definition) is 0. The quantitative estimate of drug-likeness (QED) is 0.0515. The van der Waals surface area contributed by atoms with Gasteiger partial charge in [0, 0.05) is 80.3 Å². The van der Waals surface area contributed by atoms with Crippen molar-refractivity contribution in [1.82, 2.24) is 0 Å². The first kappa shape index (κ1) is 121. The van der Waals surface area contributed by atoms with Gasteiger partial charge in [0.1, 0.15) is 0 Å². The Labute approximate surface area is 683 Å². The molecule has 678 valence electrons. The molecule has 0 radical (unpaired) electrons. The second kappa shape index (κ2) is 118. The van der Waals surface area contributed by atoms with E-state index in [9.17, 15) is 0 Å². The maximum Gasteiger partial charge on any atom is 0.0701 e. The highest BCUT2D eigenvalue weighted by atomic mass is 16.6. The molecule has 0 N–H and O–H groups in total. The van der Waals surface area contributed by atoms with Crippen LogP contribution in [0.4, 0.5) is 0 Å². The van der Waals surface area contributed by atoms with E-state index in [1.54, 1.807) is 14.2 Å². The third kappa shape index (κ3) is 147. The molecule has 0 unspecified atom stereocenters. The maximum absolute atomic E-state index is 5.48. The minimum absolute atomic E-state index is 0.596. The summed E-state index contributed by atoms with van der Waals surface area (Å²) in [4.78, 5) is 0. The Kier molecular flexibility index (Phi) is 128. The molecular formula is C86H184O25. The molecular weight excluding hydrogens is 1430 g/mol. The second-order valence-corrected chi connectivity index (χ2v) is 28.5. The molecule has 0 fully saturated rings. The summed E-state index contributed by atoms with van der Waals surface area (Å²) >= 11 is 0. The van der Waals surface area contributed by atoms with Crippen LogP contribution in [0.5, 0.6) is 0 Å². The Balaban J connectivity index is -0.000000299. The van der Waals surface area contributed by atoms with Gasteiger partial charge >= 0.3 is 0 Å². The average Bonchev–Trinajstić information content (AvgIpc) is 3.28. The van der Waals surface area contributed by atoms with Crippen molar-refractivity contribution in [3.8, 4) is 0 Å². The second-order valence-electron chi connectivity index (χ2n) is 28.5. The van der Waals surface area contributed by atoms with E-state index >= 15 is 0 Å². The van der Waals surface area contributed by atoms with Gasteiger partial charge in [0.25, 0.3) is 0 Å². The van der Waals surface area contributed by atoms with Gasteiger partial charge in [-0.2, -0.15) is 0 Å². The van der Waals surface area contributed by atoms with Gasteiger partial charge in [-0.25, -0.2) is 0 Å². The van der Waals surface area contributed by atoms with E-state index < -0.39 is 0 Å². The molecule has 0 atom stereocenters. The summed E-state index contributed by atoms with van der Waals surface area (Å²) in [5.41, 5.74) is 0. The number of ether oxygens (including phenoxy) is 25. The fraction of sp³-hybridized carbons (Fsp3) is 1.00. The smallest absolute Gasteiger partial charge is 0.0701 e. The molecule has 0 amide bonds. The lowest BCUT2D eigenvalue weighted by molar-refractivity contribution is -0.0105. The van der Waals surface area contributed by atoms with Crippen LogP contribution < -0.4 is 0 Å². The number of hydrogen-bond acceptors (Lipinski definition) is 25. The zero-order valence-corrected chi connectivity index (χ0v) is 75.5. The lowest BCUT2D eigenvalue weighted by Gasteiger charge is -2.08. The van der Waals surface area contributed by atoms with Crippen LogP contribution in [-0.4, -0.2) is 331 Å². The van der Waals surface area contributed by atoms with E-state index in [4.69, 9.17) is 118 Å². The largest absolute Gasteiger partial charge is 0.382 e. The summed E-state index contributed by atoms with van der Waals surface area (Å²) in [7, 11) is 3.32. The molecule has 25 heteroatoms. The third-order valence-corrected chi connectivity index (χ3v) is 14.7. The van der Waals surface area contributed by atoms with Crippen LogP contribution in [0.2, 0.25) is 0 Å². The topological polar surface area (TPSA) is 231 Å². The SMILES string of the molecule is CCCOCCOCCOCCCC(C)C.CCCOCCOCCOCCOCCCC(C)C.CCOCCOCCOCCOCCCC(C)C.CCOCCOCCOCCOCCOCCCC(C)C.COCCOCCOCCOCCCC(C)C.COCCOCCOCCOCCOCCCC(C)C. The molecule has 0 aromatic rings. The fourth-order valence-corrected chi connectivity index (χ4v) is 8.57. The molecule has 111 heavy (non-hydrogen) atoms. The Morgan fingerprint density at radius 1 is 0.135 bits per heavy atom. The van der Waals surface area contributed by atoms with E-state index in [0.717, 1.165) is 153 Å². The summed E-state index contributed by atoms with van der Waals surface area (Å²) in [5.74, 6) is 4.57. The zero-order valence-electron chi connectivity index (χ0n) is 75.5. The molecule has 0 bridgehead atoms. The van der Waals surface area contributed by atoms with E-state index in [0.29, 0.717) is 251 Å². The number of methoxy groups -OCH3 is 2. The highest BCUT2D eigenvalue weighted by molar-refractivity contribution is 4.51. The van der Waals surface area contributed by atoms with Crippen LogP contribution in [0.3, 0.4) is 0 Å². The van der Waals surface area contributed by atoms with Gasteiger partial charge in [-0.15, -0.1) is 0 Å². The third-order valence-electron chi connectivity index (χ3n) is 14.7. The summed E-state index contributed by atoms with van der Waals surface area (Å²) < 4.78 is 133. The molecule has 0 heterocycles. The molecule has 0 saturated carbocycles. The highest BCUT2D eigenvalue weighted by Gasteiger charge is 2.03. The average molecular weight is 1620 g/mol. The van der Waals surface area contributed by atoms with Gasteiger partial charge < -0.3 is 118 Å². The molecule has 0 rings (SSSR count). The van der Waals surface area contributed by atoms with Crippen LogP contribution >= 0.6 is 0 Å². The molecule has 0 aromatic carbocycles. The maximum atomic E-state index is 5.48. The molecule has 0 aliphatic rings. The summed E-state index contributed by atoms with van der Waals surface area (Å²) in [6.45, 7) is 67.4. The Morgan fingerprint density at radius 2 is 0.243 bits per heavy atom. The monoisotopic (exact) mass is 1620 g/mol. The molecule has 0 aromatic heterocycles. The fourth-order valence-electron chi connectivity index (χ4n) is 8.57. The van der Waals surface area contributed by atoms with Crippen molar-refractivity contribution in [2.45, 2.75) is 201 Å². The standard InChI is InChI=1S/C16H34O5.C15H32O5.C15H32O4.C14H30O4.C13H28O4.C13H28O3/c1-4-17-8-9-19-12-13-21-15-14-20-11-10-18-7-5-6-16(2)3;1-15(2)5-4-6-17-9-10-19-13-14-20-12-11-18-8-7-16-3;1-4-7-16-9-11-18-13-14-19-12-10-17-8-5-6-15(2)3;1-4-15-8-9-17-12-13-18-11-10-16-7-5-6-14(2)3;1-13(2)5-4-6-15-9-10-17-12-11-16-8-7-14-3;1-4-7-14-9-11-16-12-10-15-8-5-6-13(2)3/h16H,4-15H2,1-3H3;15H,4-14H2,1-3H3;15H,4-14H2,1-3H3;14H,4-13H2,1-3H3;13H,4-12H2,1-3H3;13H,4-12H2,1-3H3. The Bertz CT molecular complexity index is 1480. The van der Waals surface area contributed by atoms with Crippen molar-refractivity contribution >= 4 is 0 Å². The first-order chi connectivity index (χ1) is 54.1. The van der Waals surface area contributed by atoms with Gasteiger partial charge in [0.2, 0.25) is 0 Å². The Morgan fingerprint density at radius 3 is 0.351 bits per heavy atom. The van der Waals surface area contributed by atoms with Crippen LogP contribution in [0.25, 0.3) is 0 Å². The van der Waals surface area contributed by atoms with Gasteiger partial charge in [-0.05, 0) is 139 Å². The summed E-state index contributed by atoms with van der Waals surface area (Å²) in [5, 5.41) is 0. The van der Waals surface area contributed by atoms with Crippen molar-refractivity contribution in [3.63, 3.8) is 0 Å². The molecule has 25 nitrogen and oxygen atoms in total. The normalized spacial score (nSPS) is 11.4. The highest BCUT2D eigenvalue weighted by Crippen LogP contribution is 2.07. The lowest BCUT2D eigenvalue weighted by atomic mass is 10.1. The molecule has 0 saturated heterocycles. The Hall–Kier alpha value is -1.00. The van der Waals surface area contributed by atoms with Gasteiger partial charge in [-0.3, -0.25) is 0 Å². The van der Waals surface area contributed by atoms with Crippen LogP contribution in [0.15, 0.2) is 0 Å². The first-order valence-corrected chi connectivity index (χ1v) is 43.4. The number of rotatable bonds is 87. The molecule has 0 spiro atoms. The minimum atomic E-state index is 0.596. The molecule has 0 aliphatic carbocycles. The van der Waals surface area contributed by atoms with E-state index in [1.165, 1.54) is 38.5 Å². The summed E-state index contributed by atoms with van der Waals surface area (Å²) in [6, 6.07) is 0. The van der Waals surface area contributed by atoms with E-state index in [2.05, 4.69) is 96.9 Å². The van der Waals surface area contributed by atoms with Gasteiger partial charge in [-0.1, -0.05) is 96.9 Å². The predicted octanol–water partition coefficient (Wildman–Crippen LogP) is 15.1. The summed E-state index contributed by atoms with van der Waals surface area (Å²) in [6.07, 6.45) is 16.3. The van der Waals surface area contributed by atoms with Crippen molar-refractivity contribution in [3.05, 3.63) is 0 Å². The first-order valence-electron chi connectivity index (χ1n) is 43.4. The van der Waals surface area contributed by atoms with Gasteiger partial charge in [0.15, 0.2) is 0 Å². The van der Waals surface area contributed by atoms with E-state index in [1.807, 2.05) is 13.8 Å². The van der Waals surface area contributed by atoms with Crippen LogP contribution in [0.1, 0.15) is 201 Å². The van der Waals surface area contributed by atoms with Crippen molar-refractivity contribution < 1.29 is 118 Å². The van der Waals surface area contributed by atoms with Crippen molar-refractivity contribution in [1.29, 1.82) is 0 Å². The molecule has 0 aliphatic heterocycles.